The van der Waals surface area contributed by atoms with Crippen molar-refractivity contribution in [2.45, 2.75) is 37.2 Å². The molecule has 1 saturated heterocycles. The normalized spacial score (nSPS) is 22.4. The first kappa shape index (κ1) is 21.9. The van der Waals surface area contributed by atoms with E-state index in [1.807, 2.05) is 7.05 Å². The second-order valence-electron chi connectivity index (χ2n) is 6.76. The van der Waals surface area contributed by atoms with Gasteiger partial charge in [-0.2, -0.15) is 4.31 Å². The van der Waals surface area contributed by atoms with E-state index in [9.17, 15) is 13.2 Å². The topological polar surface area (TPSA) is 84.9 Å². The average molecular weight is 419 g/mol. The summed E-state index contributed by atoms with van der Waals surface area (Å²) in [4.78, 5) is 12.1. The molecule has 2 atom stereocenters. The highest BCUT2D eigenvalue weighted by molar-refractivity contribution is 7.89. The first-order valence-electron chi connectivity index (χ1n) is 9.06. The van der Waals surface area contributed by atoms with Gasteiger partial charge in [-0.1, -0.05) is 0 Å². The number of nitrogens with zero attached hydrogens (tertiary/aromatic N) is 1. The third kappa shape index (κ3) is 4.74. The highest BCUT2D eigenvalue weighted by Crippen LogP contribution is 2.33. The molecular weight excluding hydrogens is 392 g/mol. The number of benzene rings is 1. The van der Waals surface area contributed by atoms with Gasteiger partial charge in [-0.25, -0.2) is 13.2 Å². The fraction of sp³-hybridized carbons (Fsp3) is 0.611. The maximum absolute atomic E-state index is 13.0. The summed E-state index contributed by atoms with van der Waals surface area (Å²) in [7, 11) is -1.67. The van der Waals surface area contributed by atoms with E-state index in [-0.39, 0.29) is 23.9 Å². The van der Waals surface area contributed by atoms with Crippen molar-refractivity contribution < 1.29 is 22.7 Å². The number of nitrogens with one attached hydrogen (secondary N) is 1. The number of ether oxygens (including phenoxy) is 2. The van der Waals surface area contributed by atoms with Gasteiger partial charge in [-0.15, -0.1) is 12.4 Å². The Balaban J connectivity index is 0.00000261. The molecule has 27 heavy (non-hydrogen) atoms. The maximum Gasteiger partial charge on any atom is 0.347 e. The Morgan fingerprint density at radius 1 is 1.41 bits per heavy atom. The number of hydrogen-bond donors (Lipinski definition) is 1. The molecule has 2 aliphatic rings. The average Bonchev–Trinajstić information content (AvgIpc) is 3.06. The molecule has 3 rings (SSSR count). The zero-order chi connectivity index (χ0) is 18.7. The molecule has 2 heterocycles. The lowest BCUT2D eigenvalue weighted by Gasteiger charge is -2.31. The molecule has 2 aliphatic heterocycles. The molecule has 7 nitrogen and oxygen atoms in total. The van der Waals surface area contributed by atoms with E-state index >= 15 is 0 Å². The standard InChI is InChI=1S/C18H26N2O5S.ClH/c1-3-24-18(21)17-10-14-9-15(6-7-16(14)25-17)26(22,23)20-8-4-5-13(12-20)11-19-2;/h6-7,9,13,17,19H,3-5,8,10-12H2,1-2H3;1H. The lowest BCUT2D eigenvalue weighted by Crippen LogP contribution is -2.42. The van der Waals surface area contributed by atoms with Crippen LogP contribution in [0.4, 0.5) is 0 Å². The predicted octanol–water partition coefficient (Wildman–Crippen LogP) is 1.60. The van der Waals surface area contributed by atoms with Gasteiger partial charge in [-0.3, -0.25) is 0 Å². The van der Waals surface area contributed by atoms with Crippen LogP contribution in [0.3, 0.4) is 0 Å². The molecule has 152 valence electrons. The fourth-order valence-electron chi connectivity index (χ4n) is 3.60. The first-order valence-corrected chi connectivity index (χ1v) is 10.5. The largest absolute Gasteiger partial charge is 0.478 e. The number of esters is 1. The summed E-state index contributed by atoms with van der Waals surface area (Å²) < 4.78 is 38.2. The lowest BCUT2D eigenvalue weighted by atomic mass is 10.00. The van der Waals surface area contributed by atoms with Gasteiger partial charge in [0.2, 0.25) is 10.0 Å². The van der Waals surface area contributed by atoms with Gasteiger partial charge in [-0.05, 0) is 63.0 Å². The van der Waals surface area contributed by atoms with E-state index in [0.717, 1.165) is 24.9 Å². The number of hydrogen-bond acceptors (Lipinski definition) is 6. The van der Waals surface area contributed by atoms with Crippen molar-refractivity contribution in [3.8, 4) is 5.75 Å². The van der Waals surface area contributed by atoms with Crippen LogP contribution in [0.5, 0.6) is 5.75 Å². The molecule has 0 spiro atoms. The van der Waals surface area contributed by atoms with Gasteiger partial charge in [0, 0.05) is 19.5 Å². The summed E-state index contributed by atoms with van der Waals surface area (Å²) in [5.74, 6) is 0.460. The van der Waals surface area contributed by atoms with E-state index in [4.69, 9.17) is 9.47 Å². The Labute approximate surface area is 166 Å². The van der Waals surface area contributed by atoms with Gasteiger partial charge in [0.1, 0.15) is 5.75 Å². The molecule has 0 aromatic heterocycles. The summed E-state index contributed by atoms with van der Waals surface area (Å²) in [6.07, 6.45) is 1.54. The zero-order valence-electron chi connectivity index (χ0n) is 15.6. The van der Waals surface area contributed by atoms with E-state index in [2.05, 4.69) is 5.32 Å². The Bertz CT molecular complexity index is 769. The van der Waals surface area contributed by atoms with Gasteiger partial charge in [0.25, 0.3) is 0 Å². The Hall–Kier alpha value is -1.35. The number of rotatable bonds is 6. The quantitative estimate of drug-likeness (QED) is 0.706. The maximum atomic E-state index is 13.0. The van der Waals surface area contributed by atoms with Crippen molar-refractivity contribution >= 4 is 28.4 Å². The Morgan fingerprint density at radius 3 is 2.89 bits per heavy atom. The number of carbonyl (C=O) groups is 1. The molecular formula is C18H27ClN2O5S. The van der Waals surface area contributed by atoms with Crippen LogP contribution in [0, 0.1) is 5.92 Å². The van der Waals surface area contributed by atoms with Crippen LogP contribution in [0.15, 0.2) is 23.1 Å². The SMILES string of the molecule is CCOC(=O)C1Cc2cc(S(=O)(=O)N3CCCC(CNC)C3)ccc2O1.Cl. The molecule has 1 N–H and O–H groups in total. The van der Waals surface area contributed by atoms with Crippen molar-refractivity contribution in [2.24, 2.45) is 5.92 Å². The van der Waals surface area contributed by atoms with Crippen LogP contribution in [-0.4, -0.2) is 58.1 Å². The van der Waals surface area contributed by atoms with Crippen molar-refractivity contribution in [1.29, 1.82) is 0 Å². The molecule has 0 aliphatic carbocycles. The minimum Gasteiger partial charge on any atom is -0.478 e. The molecule has 0 radical (unpaired) electrons. The molecule has 2 unspecified atom stereocenters. The van der Waals surface area contributed by atoms with Gasteiger partial charge >= 0.3 is 5.97 Å². The summed E-state index contributed by atoms with van der Waals surface area (Å²) in [5, 5.41) is 3.13. The molecule has 1 aromatic rings. The van der Waals surface area contributed by atoms with E-state index in [1.165, 1.54) is 0 Å². The van der Waals surface area contributed by atoms with Gasteiger partial charge in [0.15, 0.2) is 6.10 Å². The molecule has 0 bridgehead atoms. The Morgan fingerprint density at radius 2 is 2.19 bits per heavy atom. The smallest absolute Gasteiger partial charge is 0.347 e. The molecule has 0 saturated carbocycles. The predicted molar refractivity (Wildman–Crippen MR) is 104 cm³/mol. The summed E-state index contributed by atoms with van der Waals surface area (Å²) >= 11 is 0. The third-order valence-electron chi connectivity index (χ3n) is 4.87. The van der Waals surface area contributed by atoms with Crippen molar-refractivity contribution in [2.75, 3.05) is 33.3 Å². The number of sulfonamides is 1. The second kappa shape index (κ2) is 9.23. The zero-order valence-corrected chi connectivity index (χ0v) is 17.3. The lowest BCUT2D eigenvalue weighted by molar-refractivity contribution is -0.150. The van der Waals surface area contributed by atoms with Gasteiger partial charge < -0.3 is 14.8 Å². The van der Waals surface area contributed by atoms with Crippen LogP contribution < -0.4 is 10.1 Å². The summed E-state index contributed by atoms with van der Waals surface area (Å²) in [5.41, 5.74) is 0.730. The third-order valence-corrected chi connectivity index (χ3v) is 6.73. The molecule has 0 amide bonds. The highest BCUT2D eigenvalue weighted by Gasteiger charge is 2.34. The summed E-state index contributed by atoms with van der Waals surface area (Å²) in [6.45, 7) is 3.91. The molecule has 1 fully saturated rings. The Kier molecular flexibility index (Phi) is 7.50. The number of halogens is 1. The van der Waals surface area contributed by atoms with Crippen molar-refractivity contribution in [3.63, 3.8) is 0 Å². The van der Waals surface area contributed by atoms with E-state index < -0.39 is 22.1 Å². The highest BCUT2D eigenvalue weighted by atomic mass is 35.5. The van der Waals surface area contributed by atoms with Crippen LogP contribution >= 0.6 is 12.4 Å². The first-order chi connectivity index (χ1) is 12.5. The number of carbonyl (C=O) groups excluding carboxylic acids is 1. The van der Waals surface area contributed by atoms with E-state index in [0.29, 0.717) is 31.2 Å². The van der Waals surface area contributed by atoms with E-state index in [1.54, 1.807) is 29.4 Å². The second-order valence-corrected chi connectivity index (χ2v) is 8.70. The summed E-state index contributed by atoms with van der Waals surface area (Å²) in [6, 6.07) is 4.82. The van der Waals surface area contributed by atoms with Gasteiger partial charge in [0.05, 0.1) is 11.5 Å². The monoisotopic (exact) mass is 418 g/mol. The molecule has 1 aromatic carbocycles. The van der Waals surface area contributed by atoms with Crippen LogP contribution in [0.2, 0.25) is 0 Å². The van der Waals surface area contributed by atoms with Crippen LogP contribution in [0.25, 0.3) is 0 Å². The number of fused-ring (bicyclic) bond motifs is 1. The molecule has 9 heteroatoms. The fourth-order valence-corrected chi connectivity index (χ4v) is 5.21. The van der Waals surface area contributed by atoms with Crippen LogP contribution in [-0.2, 0) is 26.0 Å². The minimum absolute atomic E-state index is 0. The van der Waals surface area contributed by atoms with Crippen molar-refractivity contribution in [1.82, 2.24) is 9.62 Å². The van der Waals surface area contributed by atoms with Crippen molar-refractivity contribution in [3.05, 3.63) is 23.8 Å². The minimum atomic E-state index is -3.55. The van der Waals surface area contributed by atoms with Crippen LogP contribution in [0.1, 0.15) is 25.3 Å². The number of piperidine rings is 1.